The SMILES string of the molecule is CNCc1ccc(S(=O)(=O)N(C)CCS(C)(=O)=O)cc1. The number of nitrogens with zero attached hydrogens (tertiary/aromatic N) is 1. The molecule has 0 fully saturated rings. The van der Waals surface area contributed by atoms with Crippen LogP contribution in [0, 0.1) is 0 Å². The summed E-state index contributed by atoms with van der Waals surface area (Å²) < 4.78 is 47.7. The second-order valence-electron chi connectivity index (χ2n) is 4.63. The van der Waals surface area contributed by atoms with Crippen LogP contribution in [-0.4, -0.2) is 53.8 Å². The molecule has 1 N–H and O–H groups in total. The van der Waals surface area contributed by atoms with Crippen molar-refractivity contribution in [2.75, 3.05) is 32.6 Å². The van der Waals surface area contributed by atoms with E-state index in [0.717, 1.165) is 16.1 Å². The van der Waals surface area contributed by atoms with Gasteiger partial charge in [-0.15, -0.1) is 0 Å². The zero-order chi connectivity index (χ0) is 15.4. The molecule has 0 saturated carbocycles. The predicted molar refractivity (Wildman–Crippen MR) is 78.7 cm³/mol. The average molecular weight is 320 g/mol. The summed E-state index contributed by atoms with van der Waals surface area (Å²) in [6, 6.07) is 6.51. The lowest BCUT2D eigenvalue weighted by Gasteiger charge is -2.16. The van der Waals surface area contributed by atoms with Crippen LogP contribution in [0.2, 0.25) is 0 Å². The highest BCUT2D eigenvalue weighted by Gasteiger charge is 2.21. The van der Waals surface area contributed by atoms with Crippen LogP contribution in [-0.2, 0) is 26.4 Å². The van der Waals surface area contributed by atoms with Crippen LogP contribution >= 0.6 is 0 Å². The van der Waals surface area contributed by atoms with E-state index in [1.54, 1.807) is 12.1 Å². The quantitative estimate of drug-likeness (QED) is 0.769. The number of rotatable bonds is 7. The minimum absolute atomic E-state index is 0.0561. The smallest absolute Gasteiger partial charge is 0.242 e. The highest BCUT2D eigenvalue weighted by Crippen LogP contribution is 2.15. The standard InChI is InChI=1S/C12H20N2O4S2/c1-13-10-11-4-6-12(7-5-11)20(17,18)14(2)8-9-19(3,15)16/h4-7,13H,8-10H2,1-3H3. The van der Waals surface area contributed by atoms with Crippen LogP contribution in [0.25, 0.3) is 0 Å². The molecule has 8 heteroatoms. The van der Waals surface area contributed by atoms with Gasteiger partial charge in [-0.05, 0) is 24.7 Å². The Balaban J connectivity index is 2.87. The fourth-order valence-corrected chi connectivity index (χ4v) is 3.47. The summed E-state index contributed by atoms with van der Waals surface area (Å²) in [7, 11) is -3.65. The van der Waals surface area contributed by atoms with Crippen molar-refractivity contribution in [1.29, 1.82) is 0 Å². The summed E-state index contributed by atoms with van der Waals surface area (Å²) in [4.78, 5) is 0.161. The fraction of sp³-hybridized carbons (Fsp3) is 0.500. The molecule has 0 heterocycles. The Bertz CT molecular complexity index is 637. The molecule has 1 aromatic rings. The molecular formula is C12H20N2O4S2. The zero-order valence-corrected chi connectivity index (χ0v) is 13.5. The molecular weight excluding hydrogens is 300 g/mol. The van der Waals surface area contributed by atoms with Crippen LogP contribution < -0.4 is 5.32 Å². The molecule has 20 heavy (non-hydrogen) atoms. The van der Waals surface area contributed by atoms with Crippen LogP contribution in [0.1, 0.15) is 5.56 Å². The third-order valence-corrected chi connectivity index (χ3v) is 5.58. The molecule has 1 rings (SSSR count). The molecule has 0 unspecified atom stereocenters. The Kier molecular flexibility index (Phi) is 5.69. The first-order chi connectivity index (χ1) is 9.16. The summed E-state index contributed by atoms with van der Waals surface area (Å²) >= 11 is 0. The van der Waals surface area contributed by atoms with Gasteiger partial charge in [0.15, 0.2) is 0 Å². The van der Waals surface area contributed by atoms with Crippen molar-refractivity contribution >= 4 is 19.9 Å². The van der Waals surface area contributed by atoms with Gasteiger partial charge in [-0.1, -0.05) is 12.1 Å². The van der Waals surface area contributed by atoms with Gasteiger partial charge in [0.25, 0.3) is 0 Å². The normalized spacial score (nSPS) is 12.8. The molecule has 0 aromatic heterocycles. The van der Waals surface area contributed by atoms with Gasteiger partial charge < -0.3 is 5.32 Å². The van der Waals surface area contributed by atoms with E-state index >= 15 is 0 Å². The van der Waals surface area contributed by atoms with Gasteiger partial charge >= 0.3 is 0 Å². The molecule has 0 amide bonds. The Morgan fingerprint density at radius 2 is 1.65 bits per heavy atom. The maximum Gasteiger partial charge on any atom is 0.242 e. The third kappa shape index (κ3) is 4.86. The van der Waals surface area contributed by atoms with Crippen molar-refractivity contribution in [3.63, 3.8) is 0 Å². The average Bonchev–Trinajstić information content (AvgIpc) is 2.36. The lowest BCUT2D eigenvalue weighted by Crippen LogP contribution is -2.31. The van der Waals surface area contributed by atoms with Gasteiger partial charge in [-0.3, -0.25) is 0 Å². The Labute approximate surface area is 120 Å². The third-order valence-electron chi connectivity index (χ3n) is 2.79. The van der Waals surface area contributed by atoms with E-state index in [4.69, 9.17) is 0 Å². The number of hydrogen-bond donors (Lipinski definition) is 1. The van der Waals surface area contributed by atoms with Crippen molar-refractivity contribution in [1.82, 2.24) is 9.62 Å². The van der Waals surface area contributed by atoms with Gasteiger partial charge in [0.05, 0.1) is 10.6 Å². The van der Waals surface area contributed by atoms with Gasteiger partial charge in [0, 0.05) is 26.4 Å². The zero-order valence-electron chi connectivity index (χ0n) is 11.8. The molecule has 0 bridgehead atoms. The highest BCUT2D eigenvalue weighted by atomic mass is 32.2. The molecule has 0 aliphatic carbocycles. The van der Waals surface area contributed by atoms with E-state index in [1.165, 1.54) is 19.2 Å². The molecule has 0 aliphatic heterocycles. The molecule has 0 atom stereocenters. The number of sulfonamides is 1. The number of sulfone groups is 1. The summed E-state index contributed by atoms with van der Waals surface area (Å²) in [5.41, 5.74) is 0.977. The minimum Gasteiger partial charge on any atom is -0.316 e. The van der Waals surface area contributed by atoms with E-state index in [0.29, 0.717) is 6.54 Å². The van der Waals surface area contributed by atoms with E-state index in [9.17, 15) is 16.8 Å². The maximum atomic E-state index is 12.2. The lowest BCUT2D eigenvalue weighted by molar-refractivity contribution is 0.485. The van der Waals surface area contributed by atoms with E-state index in [1.807, 2.05) is 7.05 Å². The van der Waals surface area contributed by atoms with Gasteiger partial charge in [-0.25, -0.2) is 16.8 Å². The first-order valence-corrected chi connectivity index (χ1v) is 9.54. The van der Waals surface area contributed by atoms with Crippen molar-refractivity contribution < 1.29 is 16.8 Å². The molecule has 1 aromatic carbocycles. The second kappa shape index (κ2) is 6.66. The Morgan fingerprint density at radius 3 is 2.10 bits per heavy atom. The van der Waals surface area contributed by atoms with Crippen LogP contribution in [0.3, 0.4) is 0 Å². The first-order valence-electron chi connectivity index (χ1n) is 6.04. The van der Waals surface area contributed by atoms with Crippen molar-refractivity contribution in [2.24, 2.45) is 0 Å². The monoisotopic (exact) mass is 320 g/mol. The number of hydrogen-bond acceptors (Lipinski definition) is 5. The molecule has 0 radical (unpaired) electrons. The highest BCUT2D eigenvalue weighted by molar-refractivity contribution is 7.91. The van der Waals surface area contributed by atoms with Crippen molar-refractivity contribution in [3.05, 3.63) is 29.8 Å². The summed E-state index contributed by atoms with van der Waals surface area (Å²) in [5.74, 6) is -0.194. The van der Waals surface area contributed by atoms with Crippen molar-refractivity contribution in [2.45, 2.75) is 11.4 Å². The maximum absolute atomic E-state index is 12.2. The molecule has 6 nitrogen and oxygen atoms in total. The molecule has 114 valence electrons. The number of benzene rings is 1. The number of nitrogens with one attached hydrogen (secondary N) is 1. The Hall–Kier alpha value is -0.960. The molecule has 0 spiro atoms. The van der Waals surface area contributed by atoms with Gasteiger partial charge in [-0.2, -0.15) is 4.31 Å². The molecule has 0 saturated heterocycles. The van der Waals surface area contributed by atoms with Crippen LogP contribution in [0.5, 0.6) is 0 Å². The van der Waals surface area contributed by atoms with Gasteiger partial charge in [0.2, 0.25) is 10.0 Å². The van der Waals surface area contributed by atoms with E-state index < -0.39 is 19.9 Å². The second-order valence-corrected chi connectivity index (χ2v) is 8.94. The predicted octanol–water partition coefficient (Wildman–Crippen LogP) is 0.0711. The lowest BCUT2D eigenvalue weighted by atomic mass is 10.2. The van der Waals surface area contributed by atoms with E-state index in [2.05, 4.69) is 5.32 Å². The van der Waals surface area contributed by atoms with Crippen molar-refractivity contribution in [3.8, 4) is 0 Å². The minimum atomic E-state index is -3.64. The summed E-state index contributed by atoms with van der Waals surface area (Å²) in [6.45, 7) is 0.601. The Morgan fingerprint density at radius 1 is 1.10 bits per heavy atom. The first kappa shape index (κ1) is 17.1. The van der Waals surface area contributed by atoms with Crippen LogP contribution in [0.15, 0.2) is 29.2 Å². The van der Waals surface area contributed by atoms with E-state index in [-0.39, 0.29) is 17.2 Å². The fourth-order valence-electron chi connectivity index (χ4n) is 1.58. The largest absolute Gasteiger partial charge is 0.316 e. The summed E-state index contributed by atoms with van der Waals surface area (Å²) in [6.07, 6.45) is 1.08. The summed E-state index contributed by atoms with van der Waals surface area (Å²) in [5, 5.41) is 2.98. The molecule has 0 aliphatic rings. The van der Waals surface area contributed by atoms with Crippen LogP contribution in [0.4, 0.5) is 0 Å². The topological polar surface area (TPSA) is 83.6 Å². The van der Waals surface area contributed by atoms with Gasteiger partial charge in [0.1, 0.15) is 9.84 Å².